The van der Waals surface area contributed by atoms with Crippen LogP contribution in [0.3, 0.4) is 0 Å². The maximum atomic E-state index is 12.0. The zero-order valence-electron chi connectivity index (χ0n) is 12.9. The van der Waals surface area contributed by atoms with Crippen LogP contribution < -0.4 is 15.4 Å². The van der Waals surface area contributed by atoms with Crippen molar-refractivity contribution in [2.75, 3.05) is 33.7 Å². The van der Waals surface area contributed by atoms with E-state index in [-0.39, 0.29) is 5.75 Å². The van der Waals surface area contributed by atoms with Crippen LogP contribution in [0.2, 0.25) is 0 Å². The van der Waals surface area contributed by atoms with Gasteiger partial charge in [0.15, 0.2) is 5.11 Å². The van der Waals surface area contributed by atoms with Gasteiger partial charge in [0.05, 0.1) is 0 Å². The van der Waals surface area contributed by atoms with E-state index in [0.29, 0.717) is 11.7 Å². The van der Waals surface area contributed by atoms with Crippen LogP contribution in [0, 0.1) is 0 Å². The fraction of sp³-hybridized carbons (Fsp3) is 0.533. The molecule has 0 radical (unpaired) electrons. The lowest BCUT2D eigenvalue weighted by Crippen LogP contribution is -2.37. The van der Waals surface area contributed by atoms with Crippen LogP contribution in [0.1, 0.15) is 12.0 Å². The van der Waals surface area contributed by atoms with E-state index >= 15 is 0 Å². The summed E-state index contributed by atoms with van der Waals surface area (Å²) in [5.41, 5.74) is 1.03. The van der Waals surface area contributed by atoms with Gasteiger partial charge in [-0.25, -0.2) is 0 Å². The molecule has 0 heterocycles. The third kappa shape index (κ3) is 8.74. The highest BCUT2D eigenvalue weighted by Crippen LogP contribution is 2.14. The smallest absolute Gasteiger partial charge is 0.387 e. The Morgan fingerprint density at radius 1 is 1.18 bits per heavy atom. The first-order chi connectivity index (χ1) is 10.5. The number of nitrogens with one attached hydrogen (secondary N) is 2. The predicted molar refractivity (Wildman–Crippen MR) is 88.6 cm³/mol. The summed E-state index contributed by atoms with van der Waals surface area (Å²) in [7, 11) is 4.07. The van der Waals surface area contributed by atoms with Gasteiger partial charge in [0, 0.05) is 13.1 Å². The third-order valence-corrected chi connectivity index (χ3v) is 3.20. The Hall–Kier alpha value is -1.47. The molecule has 0 aliphatic rings. The highest BCUT2D eigenvalue weighted by atomic mass is 32.1. The standard InChI is InChI=1S/C15H23F2N3OS/c1-20(2)11-3-9-18-15(22)19-10-8-12-4-6-13(7-5-12)21-14(16)17/h4-7,14H,3,8-11H2,1-2H3,(H2,18,19,22). The lowest BCUT2D eigenvalue weighted by Gasteiger charge is -2.12. The van der Waals surface area contributed by atoms with Gasteiger partial charge >= 0.3 is 6.61 Å². The summed E-state index contributed by atoms with van der Waals surface area (Å²) in [5, 5.41) is 6.90. The van der Waals surface area contributed by atoms with Crippen LogP contribution in [0.4, 0.5) is 8.78 Å². The van der Waals surface area contributed by atoms with Gasteiger partial charge in [-0.05, 0) is 63.4 Å². The maximum Gasteiger partial charge on any atom is 0.387 e. The van der Waals surface area contributed by atoms with Crippen molar-refractivity contribution in [2.45, 2.75) is 19.5 Å². The summed E-state index contributed by atoms with van der Waals surface area (Å²) < 4.78 is 28.4. The van der Waals surface area contributed by atoms with Crippen molar-refractivity contribution in [1.82, 2.24) is 15.5 Å². The van der Waals surface area contributed by atoms with E-state index in [1.54, 1.807) is 24.3 Å². The van der Waals surface area contributed by atoms with Crippen molar-refractivity contribution in [3.8, 4) is 5.75 Å². The van der Waals surface area contributed by atoms with Crippen molar-refractivity contribution in [3.05, 3.63) is 29.8 Å². The van der Waals surface area contributed by atoms with E-state index in [9.17, 15) is 8.78 Å². The van der Waals surface area contributed by atoms with Gasteiger partial charge in [0.25, 0.3) is 0 Å². The van der Waals surface area contributed by atoms with Gasteiger partial charge in [-0.1, -0.05) is 12.1 Å². The second-order valence-electron chi connectivity index (χ2n) is 5.11. The Balaban J connectivity index is 2.16. The summed E-state index contributed by atoms with van der Waals surface area (Å²) >= 11 is 5.18. The van der Waals surface area contributed by atoms with E-state index in [4.69, 9.17) is 12.2 Å². The summed E-state index contributed by atoms with van der Waals surface area (Å²) in [6.45, 7) is -0.246. The fourth-order valence-electron chi connectivity index (χ4n) is 1.82. The minimum absolute atomic E-state index is 0.171. The zero-order chi connectivity index (χ0) is 16.4. The van der Waals surface area contributed by atoms with Crippen LogP contribution in [0.15, 0.2) is 24.3 Å². The molecular formula is C15H23F2N3OS. The molecule has 2 N–H and O–H groups in total. The molecule has 0 aliphatic heterocycles. The molecule has 0 saturated carbocycles. The minimum Gasteiger partial charge on any atom is -0.435 e. The second kappa shape index (κ2) is 10.3. The molecule has 124 valence electrons. The number of nitrogens with zero attached hydrogens (tertiary/aromatic N) is 1. The van der Waals surface area contributed by atoms with Gasteiger partial charge in [-0.3, -0.25) is 0 Å². The van der Waals surface area contributed by atoms with Crippen molar-refractivity contribution in [3.63, 3.8) is 0 Å². The Kier molecular flexibility index (Phi) is 8.69. The van der Waals surface area contributed by atoms with Gasteiger partial charge in [0.1, 0.15) is 5.75 Å². The third-order valence-electron chi connectivity index (χ3n) is 2.92. The number of ether oxygens (including phenoxy) is 1. The number of hydrogen-bond acceptors (Lipinski definition) is 3. The molecule has 0 unspecified atom stereocenters. The quantitative estimate of drug-likeness (QED) is 0.536. The molecule has 0 spiro atoms. The Bertz CT molecular complexity index is 441. The number of benzene rings is 1. The molecule has 0 aromatic heterocycles. The summed E-state index contributed by atoms with van der Waals surface area (Å²) in [5.74, 6) is 0.171. The van der Waals surface area contributed by atoms with Crippen molar-refractivity contribution in [1.29, 1.82) is 0 Å². The number of hydrogen-bond donors (Lipinski definition) is 2. The fourth-order valence-corrected chi connectivity index (χ4v) is 2.02. The molecule has 1 aromatic carbocycles. The lowest BCUT2D eigenvalue weighted by molar-refractivity contribution is -0.0498. The van der Waals surface area contributed by atoms with E-state index in [2.05, 4.69) is 20.3 Å². The summed E-state index contributed by atoms with van der Waals surface area (Å²) in [6, 6.07) is 6.62. The maximum absolute atomic E-state index is 12.0. The Morgan fingerprint density at radius 3 is 2.41 bits per heavy atom. The van der Waals surface area contributed by atoms with Crippen LogP contribution in [0.25, 0.3) is 0 Å². The van der Waals surface area contributed by atoms with Crippen molar-refractivity contribution in [2.24, 2.45) is 0 Å². The molecule has 0 aliphatic carbocycles. The topological polar surface area (TPSA) is 36.5 Å². The van der Waals surface area contributed by atoms with Crippen LogP contribution in [-0.4, -0.2) is 50.4 Å². The Labute approximate surface area is 135 Å². The van der Waals surface area contributed by atoms with Crippen LogP contribution >= 0.6 is 12.2 Å². The molecule has 4 nitrogen and oxygen atoms in total. The molecular weight excluding hydrogens is 308 g/mol. The molecule has 1 rings (SSSR count). The molecule has 7 heteroatoms. The summed E-state index contributed by atoms with van der Waals surface area (Å²) in [4.78, 5) is 2.12. The highest BCUT2D eigenvalue weighted by molar-refractivity contribution is 7.80. The first-order valence-corrected chi connectivity index (χ1v) is 7.58. The minimum atomic E-state index is -2.79. The average Bonchev–Trinajstić information content (AvgIpc) is 2.45. The van der Waals surface area contributed by atoms with Gasteiger partial charge in [0.2, 0.25) is 0 Å². The SMILES string of the molecule is CN(C)CCCNC(=S)NCCc1ccc(OC(F)F)cc1. The van der Waals surface area contributed by atoms with Crippen LogP contribution in [-0.2, 0) is 6.42 Å². The molecule has 0 bridgehead atoms. The lowest BCUT2D eigenvalue weighted by atomic mass is 10.1. The zero-order valence-corrected chi connectivity index (χ0v) is 13.8. The van der Waals surface area contributed by atoms with Gasteiger partial charge < -0.3 is 20.3 Å². The van der Waals surface area contributed by atoms with Crippen LogP contribution in [0.5, 0.6) is 5.75 Å². The van der Waals surface area contributed by atoms with E-state index in [1.165, 1.54) is 0 Å². The van der Waals surface area contributed by atoms with E-state index in [0.717, 1.165) is 31.5 Å². The normalized spacial score (nSPS) is 10.8. The van der Waals surface area contributed by atoms with Gasteiger partial charge in [-0.2, -0.15) is 8.78 Å². The highest BCUT2D eigenvalue weighted by Gasteiger charge is 2.03. The second-order valence-corrected chi connectivity index (χ2v) is 5.52. The van der Waals surface area contributed by atoms with E-state index < -0.39 is 6.61 Å². The first kappa shape index (κ1) is 18.6. The van der Waals surface area contributed by atoms with Crippen molar-refractivity contribution < 1.29 is 13.5 Å². The van der Waals surface area contributed by atoms with Gasteiger partial charge in [-0.15, -0.1) is 0 Å². The Morgan fingerprint density at radius 2 is 1.82 bits per heavy atom. The predicted octanol–water partition coefficient (Wildman–Crippen LogP) is 2.25. The molecule has 0 amide bonds. The summed E-state index contributed by atoms with van der Waals surface area (Å²) in [6.07, 6.45) is 1.79. The van der Waals surface area contributed by atoms with E-state index in [1.807, 2.05) is 14.1 Å². The number of thiocarbonyl (C=S) groups is 1. The number of rotatable bonds is 9. The number of halogens is 2. The molecule has 22 heavy (non-hydrogen) atoms. The van der Waals surface area contributed by atoms with Crippen molar-refractivity contribution >= 4 is 17.3 Å². The average molecular weight is 331 g/mol. The largest absolute Gasteiger partial charge is 0.435 e. The number of alkyl halides is 2. The molecule has 0 fully saturated rings. The molecule has 1 aromatic rings. The monoisotopic (exact) mass is 331 g/mol. The molecule has 0 atom stereocenters. The first-order valence-electron chi connectivity index (χ1n) is 7.17. The molecule has 0 saturated heterocycles.